The minimum Gasteiger partial charge on any atom is -0.504 e. The van der Waals surface area contributed by atoms with Gasteiger partial charge in [-0.25, -0.2) is 4.79 Å². The molecule has 3 rings (SSSR count). The topological polar surface area (TPSA) is 119 Å². The Kier molecular flexibility index (Phi) is 7.33. The SMILES string of the molecule is COc1c(O)ccc(C(=O)O)c1-c1ccc(C=Cc2cc(OC(C)=O)cc(OC(C)=O)c2)cc1. The van der Waals surface area contributed by atoms with Crippen LogP contribution in [0, 0.1) is 0 Å². The quantitative estimate of drug-likeness (QED) is 0.292. The molecular weight excluding hydrogens is 440 g/mol. The lowest BCUT2D eigenvalue weighted by atomic mass is 9.97. The van der Waals surface area contributed by atoms with Gasteiger partial charge in [0.05, 0.1) is 12.7 Å². The molecule has 0 aliphatic carbocycles. The Morgan fingerprint density at radius 3 is 1.85 bits per heavy atom. The van der Waals surface area contributed by atoms with Crippen LogP contribution in [0.5, 0.6) is 23.0 Å². The van der Waals surface area contributed by atoms with Crippen molar-refractivity contribution in [2.24, 2.45) is 0 Å². The third-order valence-corrected chi connectivity index (χ3v) is 4.66. The van der Waals surface area contributed by atoms with E-state index in [9.17, 15) is 24.6 Å². The van der Waals surface area contributed by atoms with E-state index < -0.39 is 17.9 Å². The largest absolute Gasteiger partial charge is 0.504 e. The van der Waals surface area contributed by atoms with E-state index in [0.29, 0.717) is 11.1 Å². The Bertz CT molecular complexity index is 1240. The highest BCUT2D eigenvalue weighted by Crippen LogP contribution is 2.40. The van der Waals surface area contributed by atoms with Gasteiger partial charge >= 0.3 is 17.9 Å². The molecule has 3 aromatic rings. The summed E-state index contributed by atoms with van der Waals surface area (Å²) >= 11 is 0. The summed E-state index contributed by atoms with van der Waals surface area (Å²) in [6.45, 7) is 2.54. The normalized spacial score (nSPS) is 10.7. The van der Waals surface area contributed by atoms with Crippen LogP contribution in [0.4, 0.5) is 0 Å². The summed E-state index contributed by atoms with van der Waals surface area (Å²) in [6.07, 6.45) is 3.53. The van der Waals surface area contributed by atoms with E-state index in [1.807, 2.05) is 0 Å². The van der Waals surface area contributed by atoms with Crippen molar-refractivity contribution < 1.29 is 38.8 Å². The van der Waals surface area contributed by atoms with E-state index in [1.165, 1.54) is 39.2 Å². The van der Waals surface area contributed by atoms with Crippen LogP contribution >= 0.6 is 0 Å². The zero-order valence-electron chi connectivity index (χ0n) is 18.7. The van der Waals surface area contributed by atoms with Crippen LogP contribution in [-0.4, -0.2) is 35.2 Å². The van der Waals surface area contributed by atoms with E-state index in [1.54, 1.807) is 48.6 Å². The van der Waals surface area contributed by atoms with Crippen molar-refractivity contribution in [1.29, 1.82) is 0 Å². The molecule has 0 amide bonds. The fourth-order valence-corrected chi connectivity index (χ4v) is 3.34. The summed E-state index contributed by atoms with van der Waals surface area (Å²) in [4.78, 5) is 34.3. The molecule has 0 aliphatic rings. The molecular formula is C26H22O8. The number of esters is 2. The summed E-state index contributed by atoms with van der Waals surface area (Å²) in [5.74, 6) is -1.78. The first kappa shape index (κ1) is 24.1. The summed E-state index contributed by atoms with van der Waals surface area (Å²) in [5, 5.41) is 19.6. The highest BCUT2D eigenvalue weighted by atomic mass is 16.5. The molecule has 0 atom stereocenters. The second-order valence-corrected chi connectivity index (χ2v) is 7.23. The van der Waals surface area contributed by atoms with Gasteiger partial charge in [0.1, 0.15) is 11.5 Å². The second-order valence-electron chi connectivity index (χ2n) is 7.23. The maximum absolute atomic E-state index is 11.7. The second kappa shape index (κ2) is 10.4. The van der Waals surface area contributed by atoms with Gasteiger partial charge in [0.15, 0.2) is 11.5 Å². The maximum Gasteiger partial charge on any atom is 0.336 e. The number of carbonyl (C=O) groups is 3. The number of aromatic carboxylic acids is 1. The summed E-state index contributed by atoms with van der Waals surface area (Å²) in [7, 11) is 1.36. The van der Waals surface area contributed by atoms with Gasteiger partial charge in [0.25, 0.3) is 0 Å². The van der Waals surface area contributed by atoms with Crippen molar-refractivity contribution in [3.8, 4) is 34.1 Å². The molecule has 8 heteroatoms. The highest BCUT2D eigenvalue weighted by Gasteiger charge is 2.19. The summed E-state index contributed by atoms with van der Waals surface area (Å²) < 4.78 is 15.5. The van der Waals surface area contributed by atoms with Crippen LogP contribution in [0.1, 0.15) is 35.3 Å². The van der Waals surface area contributed by atoms with Gasteiger partial charge in [-0.1, -0.05) is 36.4 Å². The summed E-state index contributed by atoms with van der Waals surface area (Å²) in [5.41, 5.74) is 2.23. The lowest BCUT2D eigenvalue weighted by Crippen LogP contribution is -2.04. The molecule has 0 aliphatic heterocycles. The molecule has 3 aromatic carbocycles. The average molecular weight is 462 g/mol. The van der Waals surface area contributed by atoms with Crippen molar-refractivity contribution >= 4 is 30.1 Å². The number of benzene rings is 3. The molecule has 0 saturated carbocycles. The number of phenolic OH excluding ortho intramolecular Hbond substituents is 1. The number of phenols is 1. The monoisotopic (exact) mass is 462 g/mol. The molecule has 8 nitrogen and oxygen atoms in total. The number of hydrogen-bond donors (Lipinski definition) is 2. The molecule has 0 aromatic heterocycles. The van der Waals surface area contributed by atoms with Gasteiger partial charge in [0, 0.05) is 25.5 Å². The Hall–Kier alpha value is -4.59. The molecule has 0 spiro atoms. The lowest BCUT2D eigenvalue weighted by molar-refractivity contribution is -0.132. The fraction of sp³-hybridized carbons (Fsp3) is 0.115. The van der Waals surface area contributed by atoms with Crippen LogP contribution in [0.25, 0.3) is 23.3 Å². The van der Waals surface area contributed by atoms with Crippen LogP contribution in [0.15, 0.2) is 54.6 Å². The molecule has 0 unspecified atom stereocenters. The zero-order valence-corrected chi connectivity index (χ0v) is 18.7. The van der Waals surface area contributed by atoms with Gasteiger partial charge in [-0.05, 0) is 41.0 Å². The zero-order chi connectivity index (χ0) is 24.8. The predicted octanol–water partition coefficient (Wildman–Crippen LogP) is 4.79. The Morgan fingerprint density at radius 2 is 1.35 bits per heavy atom. The third-order valence-electron chi connectivity index (χ3n) is 4.66. The number of carboxylic acids is 1. The van der Waals surface area contributed by atoms with E-state index in [-0.39, 0.29) is 34.1 Å². The molecule has 174 valence electrons. The lowest BCUT2D eigenvalue weighted by Gasteiger charge is -2.13. The minimum atomic E-state index is -1.14. The van der Waals surface area contributed by atoms with Crippen molar-refractivity contribution in [2.75, 3.05) is 7.11 Å². The Labute approximate surface area is 195 Å². The molecule has 0 bridgehead atoms. The fourth-order valence-electron chi connectivity index (χ4n) is 3.34. The highest BCUT2D eigenvalue weighted by molar-refractivity contribution is 5.99. The van der Waals surface area contributed by atoms with Crippen LogP contribution in [-0.2, 0) is 9.59 Å². The molecule has 0 radical (unpaired) electrons. The van der Waals surface area contributed by atoms with E-state index >= 15 is 0 Å². The molecule has 2 N–H and O–H groups in total. The van der Waals surface area contributed by atoms with E-state index in [2.05, 4.69) is 0 Å². The minimum absolute atomic E-state index is 0.00164. The van der Waals surface area contributed by atoms with Gasteiger partial charge in [-0.15, -0.1) is 0 Å². The van der Waals surface area contributed by atoms with Crippen molar-refractivity contribution in [3.05, 3.63) is 71.3 Å². The first-order valence-electron chi connectivity index (χ1n) is 10.1. The first-order chi connectivity index (χ1) is 16.2. The predicted molar refractivity (Wildman–Crippen MR) is 125 cm³/mol. The number of carbonyl (C=O) groups excluding carboxylic acids is 2. The van der Waals surface area contributed by atoms with Crippen LogP contribution in [0.3, 0.4) is 0 Å². The van der Waals surface area contributed by atoms with Crippen molar-refractivity contribution in [3.63, 3.8) is 0 Å². The smallest absolute Gasteiger partial charge is 0.336 e. The third kappa shape index (κ3) is 5.80. The number of carboxylic acid groups (broad SMARTS) is 1. The molecule has 0 fully saturated rings. The maximum atomic E-state index is 11.7. The van der Waals surface area contributed by atoms with Gasteiger partial charge in [-0.3, -0.25) is 9.59 Å². The van der Waals surface area contributed by atoms with Crippen molar-refractivity contribution in [1.82, 2.24) is 0 Å². The van der Waals surface area contributed by atoms with E-state index in [0.717, 1.165) is 5.56 Å². The Balaban J connectivity index is 1.93. The van der Waals surface area contributed by atoms with Crippen LogP contribution in [0.2, 0.25) is 0 Å². The van der Waals surface area contributed by atoms with Gasteiger partial charge < -0.3 is 24.4 Å². The number of aromatic hydroxyl groups is 1. The number of rotatable bonds is 7. The average Bonchev–Trinajstić information content (AvgIpc) is 2.76. The van der Waals surface area contributed by atoms with Gasteiger partial charge in [0.2, 0.25) is 0 Å². The molecule has 0 heterocycles. The number of ether oxygens (including phenoxy) is 3. The Morgan fingerprint density at radius 1 is 0.794 bits per heavy atom. The van der Waals surface area contributed by atoms with Crippen LogP contribution < -0.4 is 14.2 Å². The molecule has 34 heavy (non-hydrogen) atoms. The standard InChI is InChI=1S/C26H22O8/c1-15(27)33-20-12-18(13-21(14-20)34-16(2)28)5-4-17-6-8-19(9-7-17)24-22(26(30)31)10-11-23(29)25(24)32-3/h4-14,29H,1-3H3,(H,30,31). The molecule has 0 saturated heterocycles. The van der Waals surface area contributed by atoms with Crippen molar-refractivity contribution in [2.45, 2.75) is 13.8 Å². The first-order valence-corrected chi connectivity index (χ1v) is 10.1. The number of hydrogen-bond acceptors (Lipinski definition) is 7. The number of methoxy groups -OCH3 is 1. The van der Waals surface area contributed by atoms with Gasteiger partial charge in [-0.2, -0.15) is 0 Å². The summed E-state index contributed by atoms with van der Waals surface area (Å²) in [6, 6.07) is 14.2. The van der Waals surface area contributed by atoms with E-state index in [4.69, 9.17) is 14.2 Å².